The minimum absolute atomic E-state index is 0.0851. The monoisotopic (exact) mass is 246 g/mol. The van der Waals surface area contributed by atoms with Crippen LogP contribution in [0.3, 0.4) is 0 Å². The number of H-pyrrole nitrogens is 1. The molecule has 1 aromatic heterocycles. The predicted molar refractivity (Wildman–Crippen MR) is 67.5 cm³/mol. The zero-order valence-electron chi connectivity index (χ0n) is 10.2. The number of hydrogen-bond donors (Lipinski definition) is 2. The van der Waals surface area contributed by atoms with E-state index in [4.69, 9.17) is 5.11 Å². The molecule has 2 aromatic rings. The van der Waals surface area contributed by atoms with Gasteiger partial charge in [0.2, 0.25) is 0 Å². The van der Waals surface area contributed by atoms with Crippen LogP contribution in [-0.4, -0.2) is 20.9 Å². The zero-order chi connectivity index (χ0) is 13.3. The number of benzene rings is 1. The molecular formula is C13H14N2O3. The maximum absolute atomic E-state index is 12.1. The first kappa shape index (κ1) is 12.2. The molecule has 0 spiro atoms. The van der Waals surface area contributed by atoms with Crippen molar-refractivity contribution in [3.63, 3.8) is 0 Å². The van der Waals surface area contributed by atoms with Gasteiger partial charge in [-0.1, -0.05) is 6.92 Å². The third-order valence-corrected chi connectivity index (χ3v) is 2.92. The molecule has 0 radical (unpaired) electrons. The Bertz CT molecular complexity index is 635. The smallest absolute Gasteiger partial charge is 0.335 e. The number of aromatic carboxylic acids is 1. The molecule has 0 aliphatic heterocycles. The molecule has 0 amide bonds. The molecule has 2 rings (SSSR count). The Labute approximate surface area is 104 Å². The molecule has 0 aliphatic rings. The number of nitrogens with one attached hydrogen (secondary N) is 1. The largest absolute Gasteiger partial charge is 0.478 e. The van der Waals surface area contributed by atoms with E-state index in [1.165, 1.54) is 16.8 Å². The number of hydrogen-bond acceptors (Lipinski definition) is 2. The SMILES string of the molecule is CCc1c(C)[nH]n(-c2ccc(C(=O)O)cc2)c1=O. The highest BCUT2D eigenvalue weighted by molar-refractivity contribution is 5.87. The van der Waals surface area contributed by atoms with Gasteiger partial charge in [-0.2, -0.15) is 0 Å². The Morgan fingerprint density at radius 3 is 2.39 bits per heavy atom. The van der Waals surface area contributed by atoms with Crippen LogP contribution in [0.15, 0.2) is 29.1 Å². The fourth-order valence-electron chi connectivity index (χ4n) is 1.93. The van der Waals surface area contributed by atoms with Crippen molar-refractivity contribution in [1.82, 2.24) is 9.78 Å². The summed E-state index contributed by atoms with van der Waals surface area (Å²) in [7, 11) is 0. The van der Waals surface area contributed by atoms with E-state index in [0.29, 0.717) is 12.1 Å². The zero-order valence-corrected chi connectivity index (χ0v) is 10.2. The Kier molecular flexibility index (Phi) is 3.06. The summed E-state index contributed by atoms with van der Waals surface area (Å²) >= 11 is 0. The molecule has 0 fully saturated rings. The van der Waals surface area contributed by atoms with Gasteiger partial charge in [-0.3, -0.25) is 9.89 Å². The molecule has 0 saturated carbocycles. The molecule has 0 saturated heterocycles. The van der Waals surface area contributed by atoms with Crippen molar-refractivity contribution in [2.24, 2.45) is 0 Å². The van der Waals surface area contributed by atoms with Crippen molar-refractivity contribution in [2.75, 3.05) is 0 Å². The van der Waals surface area contributed by atoms with Crippen LogP contribution in [-0.2, 0) is 6.42 Å². The molecule has 2 N–H and O–H groups in total. The van der Waals surface area contributed by atoms with E-state index in [1.54, 1.807) is 12.1 Å². The van der Waals surface area contributed by atoms with E-state index in [1.807, 2.05) is 13.8 Å². The molecule has 5 nitrogen and oxygen atoms in total. The van der Waals surface area contributed by atoms with Crippen LogP contribution in [0.2, 0.25) is 0 Å². The van der Waals surface area contributed by atoms with Crippen molar-refractivity contribution in [1.29, 1.82) is 0 Å². The Morgan fingerprint density at radius 1 is 1.33 bits per heavy atom. The molecule has 0 atom stereocenters. The summed E-state index contributed by atoms with van der Waals surface area (Å²) in [5, 5.41) is 11.8. The molecule has 0 unspecified atom stereocenters. The van der Waals surface area contributed by atoms with Crippen molar-refractivity contribution in [3.8, 4) is 5.69 Å². The van der Waals surface area contributed by atoms with E-state index in [2.05, 4.69) is 5.10 Å². The Morgan fingerprint density at radius 2 is 1.94 bits per heavy atom. The topological polar surface area (TPSA) is 75.1 Å². The van der Waals surface area contributed by atoms with E-state index in [-0.39, 0.29) is 11.1 Å². The lowest BCUT2D eigenvalue weighted by atomic mass is 10.2. The number of aryl methyl sites for hydroxylation is 1. The van der Waals surface area contributed by atoms with Crippen LogP contribution >= 0.6 is 0 Å². The fourth-order valence-corrected chi connectivity index (χ4v) is 1.93. The number of aromatic amines is 1. The van der Waals surface area contributed by atoms with E-state index >= 15 is 0 Å². The minimum atomic E-state index is -0.981. The first-order chi connectivity index (χ1) is 8.54. The Balaban J connectivity index is 2.49. The molecule has 94 valence electrons. The maximum atomic E-state index is 12.1. The van der Waals surface area contributed by atoms with Crippen LogP contribution in [0, 0.1) is 6.92 Å². The summed E-state index contributed by atoms with van der Waals surface area (Å²) in [6.45, 7) is 3.78. The fraction of sp³-hybridized carbons (Fsp3) is 0.231. The van der Waals surface area contributed by atoms with Crippen molar-refractivity contribution in [3.05, 3.63) is 51.4 Å². The van der Waals surface area contributed by atoms with Crippen LogP contribution < -0.4 is 5.56 Å². The predicted octanol–water partition coefficient (Wildman–Crippen LogP) is 1.73. The molecular weight excluding hydrogens is 232 g/mol. The summed E-state index contributed by atoms with van der Waals surface area (Å²) in [5.41, 5.74) is 2.33. The summed E-state index contributed by atoms with van der Waals surface area (Å²) < 4.78 is 1.43. The lowest BCUT2D eigenvalue weighted by Crippen LogP contribution is -2.17. The summed E-state index contributed by atoms with van der Waals surface area (Å²) in [5.74, 6) is -0.981. The molecule has 18 heavy (non-hydrogen) atoms. The van der Waals surface area contributed by atoms with Gasteiger partial charge in [-0.15, -0.1) is 0 Å². The number of nitrogens with zero attached hydrogens (tertiary/aromatic N) is 1. The van der Waals surface area contributed by atoms with Gasteiger partial charge in [0, 0.05) is 11.3 Å². The van der Waals surface area contributed by atoms with Gasteiger partial charge in [-0.05, 0) is 37.6 Å². The minimum Gasteiger partial charge on any atom is -0.478 e. The van der Waals surface area contributed by atoms with Gasteiger partial charge in [0.15, 0.2) is 0 Å². The van der Waals surface area contributed by atoms with E-state index < -0.39 is 5.97 Å². The van der Waals surface area contributed by atoms with Crippen LogP contribution in [0.25, 0.3) is 5.69 Å². The molecule has 5 heteroatoms. The van der Waals surface area contributed by atoms with E-state index in [9.17, 15) is 9.59 Å². The average Bonchev–Trinajstić information content (AvgIpc) is 2.64. The summed E-state index contributed by atoms with van der Waals surface area (Å²) in [6, 6.07) is 6.18. The average molecular weight is 246 g/mol. The molecule has 0 bridgehead atoms. The lowest BCUT2D eigenvalue weighted by Gasteiger charge is -2.01. The first-order valence-electron chi connectivity index (χ1n) is 5.68. The van der Waals surface area contributed by atoms with Crippen LogP contribution in [0.1, 0.15) is 28.5 Å². The summed E-state index contributed by atoms with van der Waals surface area (Å²) in [4.78, 5) is 22.8. The molecule has 1 heterocycles. The van der Waals surface area contributed by atoms with Gasteiger partial charge in [-0.25, -0.2) is 9.48 Å². The quantitative estimate of drug-likeness (QED) is 0.866. The number of rotatable bonds is 3. The van der Waals surface area contributed by atoms with Gasteiger partial charge in [0.25, 0.3) is 5.56 Å². The van der Waals surface area contributed by atoms with Gasteiger partial charge < -0.3 is 5.11 Å². The van der Waals surface area contributed by atoms with Crippen molar-refractivity contribution < 1.29 is 9.90 Å². The van der Waals surface area contributed by atoms with Crippen molar-refractivity contribution >= 4 is 5.97 Å². The number of carboxylic acids is 1. The van der Waals surface area contributed by atoms with Crippen molar-refractivity contribution in [2.45, 2.75) is 20.3 Å². The number of aromatic nitrogens is 2. The third kappa shape index (κ3) is 1.95. The summed E-state index contributed by atoms with van der Waals surface area (Å²) in [6.07, 6.45) is 0.668. The highest BCUT2D eigenvalue weighted by Crippen LogP contribution is 2.09. The van der Waals surface area contributed by atoms with Crippen LogP contribution in [0.5, 0.6) is 0 Å². The maximum Gasteiger partial charge on any atom is 0.335 e. The number of carboxylic acid groups (broad SMARTS) is 1. The van der Waals surface area contributed by atoms with Gasteiger partial charge in [0.05, 0.1) is 11.3 Å². The normalized spacial score (nSPS) is 10.6. The molecule has 1 aromatic carbocycles. The van der Waals surface area contributed by atoms with Crippen LogP contribution in [0.4, 0.5) is 0 Å². The lowest BCUT2D eigenvalue weighted by molar-refractivity contribution is 0.0697. The first-order valence-corrected chi connectivity index (χ1v) is 5.68. The second-order valence-corrected chi connectivity index (χ2v) is 4.06. The highest BCUT2D eigenvalue weighted by Gasteiger charge is 2.10. The second kappa shape index (κ2) is 4.52. The standard InChI is InChI=1S/C13H14N2O3/c1-3-11-8(2)14-15(12(11)16)10-6-4-9(5-7-10)13(17)18/h4-7,14H,3H2,1-2H3,(H,17,18). The van der Waals surface area contributed by atoms with Gasteiger partial charge >= 0.3 is 5.97 Å². The van der Waals surface area contributed by atoms with E-state index in [0.717, 1.165) is 11.3 Å². The third-order valence-electron chi connectivity index (χ3n) is 2.92. The number of carbonyl (C=O) groups is 1. The molecule has 0 aliphatic carbocycles. The highest BCUT2D eigenvalue weighted by atomic mass is 16.4. The van der Waals surface area contributed by atoms with Gasteiger partial charge in [0.1, 0.15) is 0 Å². The Hall–Kier alpha value is -2.30. The second-order valence-electron chi connectivity index (χ2n) is 4.06.